The van der Waals surface area contributed by atoms with E-state index in [0.29, 0.717) is 5.92 Å². The van der Waals surface area contributed by atoms with Crippen molar-refractivity contribution in [3.63, 3.8) is 0 Å². The lowest BCUT2D eigenvalue weighted by Gasteiger charge is -2.31. The van der Waals surface area contributed by atoms with E-state index in [4.69, 9.17) is 4.74 Å². The van der Waals surface area contributed by atoms with Gasteiger partial charge in [0.2, 0.25) is 0 Å². The lowest BCUT2D eigenvalue weighted by Crippen LogP contribution is -2.40. The van der Waals surface area contributed by atoms with E-state index in [2.05, 4.69) is 21.6 Å². The second-order valence-electron chi connectivity index (χ2n) is 7.50. The summed E-state index contributed by atoms with van der Waals surface area (Å²) in [4.78, 5) is 14.4. The van der Waals surface area contributed by atoms with E-state index in [-0.39, 0.29) is 6.03 Å². The highest BCUT2D eigenvalue weighted by Gasteiger charge is 2.25. The topological polar surface area (TPSA) is 70.2 Å². The average molecular weight is 390 g/mol. The van der Waals surface area contributed by atoms with Gasteiger partial charge in [-0.15, -0.1) is 0 Å². The Kier molecular flexibility index (Phi) is 5.51. The van der Waals surface area contributed by atoms with E-state index >= 15 is 0 Å². The molecular weight excluding hydrogens is 364 g/mol. The second kappa shape index (κ2) is 8.39. The first-order valence-electron chi connectivity index (χ1n) is 9.95. The summed E-state index contributed by atoms with van der Waals surface area (Å²) >= 11 is 0. The molecule has 2 amide bonds. The van der Waals surface area contributed by atoms with Gasteiger partial charge in [-0.2, -0.15) is 5.10 Å². The normalized spacial score (nSPS) is 14.6. The number of nitrogens with one attached hydrogen (secondary N) is 2. The molecule has 3 aromatic rings. The van der Waals surface area contributed by atoms with Crippen molar-refractivity contribution in [2.75, 3.05) is 25.5 Å². The highest BCUT2D eigenvalue weighted by atomic mass is 16.5. The largest absolute Gasteiger partial charge is 0.497 e. The van der Waals surface area contributed by atoms with E-state index in [1.807, 2.05) is 60.4 Å². The molecule has 0 atom stereocenters. The molecule has 0 aliphatic carbocycles. The number of amides is 2. The molecule has 0 saturated carbocycles. The molecule has 2 N–H and O–H groups in total. The third kappa shape index (κ3) is 4.42. The number of likely N-dealkylation sites (tertiary alicyclic amines) is 1. The number of H-pyrrole nitrogens is 1. The summed E-state index contributed by atoms with van der Waals surface area (Å²) in [6.45, 7) is 3.48. The number of aromatic amines is 1. The Morgan fingerprint density at radius 2 is 1.93 bits per heavy atom. The van der Waals surface area contributed by atoms with Crippen molar-refractivity contribution in [1.82, 2.24) is 15.1 Å². The molecule has 6 heteroatoms. The number of aromatic nitrogens is 2. The van der Waals surface area contributed by atoms with Crippen molar-refractivity contribution < 1.29 is 9.53 Å². The molecule has 6 nitrogen and oxygen atoms in total. The summed E-state index contributed by atoms with van der Waals surface area (Å²) in [5.41, 5.74) is 5.04. The number of benzene rings is 2. The highest BCUT2D eigenvalue weighted by Crippen LogP contribution is 2.30. The number of nitrogens with zero attached hydrogens (tertiary/aromatic N) is 2. The quantitative estimate of drug-likeness (QED) is 0.672. The van der Waals surface area contributed by atoms with Gasteiger partial charge in [0.1, 0.15) is 5.75 Å². The lowest BCUT2D eigenvalue weighted by molar-refractivity contribution is 0.194. The number of aryl methyl sites for hydroxylation is 1. The van der Waals surface area contributed by atoms with Gasteiger partial charge in [-0.3, -0.25) is 5.10 Å². The fraction of sp³-hybridized carbons (Fsp3) is 0.304. The first-order valence-corrected chi connectivity index (χ1v) is 9.95. The number of rotatable bonds is 4. The monoisotopic (exact) mass is 390 g/mol. The predicted octanol–water partition coefficient (Wildman–Crippen LogP) is 4.81. The number of ether oxygens (including phenoxy) is 1. The molecular formula is C23H26N4O2. The second-order valence-corrected chi connectivity index (χ2v) is 7.50. The van der Waals surface area contributed by atoms with Crippen molar-refractivity contribution in [2.45, 2.75) is 25.7 Å². The minimum absolute atomic E-state index is 0.0317. The SMILES string of the molecule is COc1cccc(-c2cc(C3CCN(C(=O)Nc4cccc(C)c4)CC3)[nH]n2)c1. The van der Waals surface area contributed by atoms with Crippen LogP contribution in [-0.4, -0.2) is 41.3 Å². The Hall–Kier alpha value is -3.28. The standard InChI is InChI=1S/C23H26N4O2/c1-16-5-3-7-19(13-16)24-23(28)27-11-9-17(10-12-27)21-15-22(26-25-21)18-6-4-8-20(14-18)29-2/h3-8,13-15,17H,9-12H2,1-2H3,(H,24,28)(H,25,26). The fourth-order valence-electron chi connectivity index (χ4n) is 3.79. The maximum atomic E-state index is 12.6. The summed E-state index contributed by atoms with van der Waals surface area (Å²) in [5, 5.41) is 10.7. The smallest absolute Gasteiger partial charge is 0.321 e. The number of carbonyl (C=O) groups is 1. The van der Waals surface area contributed by atoms with E-state index in [1.54, 1.807) is 7.11 Å². The molecule has 0 spiro atoms. The molecule has 4 rings (SSSR count). The van der Waals surface area contributed by atoms with Gasteiger partial charge in [-0.1, -0.05) is 24.3 Å². The summed E-state index contributed by atoms with van der Waals surface area (Å²) < 4.78 is 5.30. The lowest BCUT2D eigenvalue weighted by atomic mass is 9.93. The van der Waals surface area contributed by atoms with Crippen LogP contribution in [0.3, 0.4) is 0 Å². The number of hydrogen-bond acceptors (Lipinski definition) is 3. The first-order chi connectivity index (χ1) is 14.1. The van der Waals surface area contributed by atoms with Crippen molar-refractivity contribution in [2.24, 2.45) is 0 Å². The van der Waals surface area contributed by atoms with Gasteiger partial charge in [-0.25, -0.2) is 4.79 Å². The molecule has 1 aromatic heterocycles. The zero-order valence-corrected chi connectivity index (χ0v) is 16.8. The number of methoxy groups -OCH3 is 1. The zero-order valence-electron chi connectivity index (χ0n) is 16.8. The van der Waals surface area contributed by atoms with E-state index < -0.39 is 0 Å². The summed E-state index contributed by atoms with van der Waals surface area (Å²) in [6, 6.07) is 17.9. The van der Waals surface area contributed by atoms with E-state index in [9.17, 15) is 4.79 Å². The third-order valence-electron chi connectivity index (χ3n) is 5.45. The number of carbonyl (C=O) groups excluding carboxylic acids is 1. The van der Waals surface area contributed by atoms with Crippen molar-refractivity contribution >= 4 is 11.7 Å². The Labute approximate surface area is 170 Å². The van der Waals surface area contributed by atoms with Gasteiger partial charge in [0.25, 0.3) is 0 Å². The molecule has 1 aliphatic heterocycles. The molecule has 2 heterocycles. The summed E-state index contributed by atoms with van der Waals surface area (Å²) in [7, 11) is 1.66. The molecule has 150 valence electrons. The maximum Gasteiger partial charge on any atom is 0.321 e. The van der Waals surface area contributed by atoms with Crippen LogP contribution < -0.4 is 10.1 Å². The van der Waals surface area contributed by atoms with Crippen LogP contribution in [0.15, 0.2) is 54.6 Å². The first kappa shape index (κ1) is 19.1. The molecule has 1 saturated heterocycles. The molecule has 2 aromatic carbocycles. The van der Waals surface area contributed by atoms with Crippen LogP contribution in [0.5, 0.6) is 5.75 Å². The molecule has 0 radical (unpaired) electrons. The average Bonchev–Trinajstić information content (AvgIpc) is 3.24. The summed E-state index contributed by atoms with van der Waals surface area (Å²) in [5.74, 6) is 1.20. The Balaban J connectivity index is 1.36. The van der Waals surface area contributed by atoms with Crippen LogP contribution in [0, 0.1) is 6.92 Å². The molecule has 29 heavy (non-hydrogen) atoms. The summed E-state index contributed by atoms with van der Waals surface area (Å²) in [6.07, 6.45) is 1.84. The van der Waals surface area contributed by atoms with Gasteiger partial charge in [0.05, 0.1) is 12.8 Å². The van der Waals surface area contributed by atoms with Gasteiger partial charge < -0.3 is 15.0 Å². The van der Waals surface area contributed by atoms with Crippen LogP contribution >= 0.6 is 0 Å². The maximum absolute atomic E-state index is 12.6. The number of hydrogen-bond donors (Lipinski definition) is 2. The predicted molar refractivity (Wildman–Crippen MR) is 114 cm³/mol. The van der Waals surface area contributed by atoms with Crippen LogP contribution in [-0.2, 0) is 0 Å². The van der Waals surface area contributed by atoms with Crippen LogP contribution in [0.25, 0.3) is 11.3 Å². The molecule has 0 unspecified atom stereocenters. The van der Waals surface area contributed by atoms with Crippen molar-refractivity contribution in [1.29, 1.82) is 0 Å². The fourth-order valence-corrected chi connectivity index (χ4v) is 3.79. The van der Waals surface area contributed by atoms with Gasteiger partial charge >= 0.3 is 6.03 Å². The van der Waals surface area contributed by atoms with Crippen LogP contribution in [0.2, 0.25) is 0 Å². The number of anilines is 1. The van der Waals surface area contributed by atoms with Gasteiger partial charge in [0.15, 0.2) is 0 Å². The minimum Gasteiger partial charge on any atom is -0.497 e. The molecule has 1 fully saturated rings. The van der Waals surface area contributed by atoms with E-state index in [0.717, 1.165) is 59.9 Å². The van der Waals surface area contributed by atoms with Gasteiger partial charge in [0, 0.05) is 36.0 Å². The highest BCUT2D eigenvalue weighted by molar-refractivity contribution is 5.89. The Morgan fingerprint density at radius 1 is 1.14 bits per heavy atom. The van der Waals surface area contributed by atoms with Crippen molar-refractivity contribution in [3.8, 4) is 17.0 Å². The van der Waals surface area contributed by atoms with Crippen LogP contribution in [0.1, 0.15) is 30.0 Å². The van der Waals surface area contributed by atoms with Gasteiger partial charge in [-0.05, 0) is 55.7 Å². The van der Waals surface area contributed by atoms with Crippen molar-refractivity contribution in [3.05, 3.63) is 65.9 Å². The molecule has 0 bridgehead atoms. The number of urea groups is 1. The van der Waals surface area contributed by atoms with E-state index in [1.165, 1.54) is 0 Å². The van der Waals surface area contributed by atoms with Crippen LogP contribution in [0.4, 0.5) is 10.5 Å². The Bertz CT molecular complexity index is 990. The Morgan fingerprint density at radius 3 is 2.69 bits per heavy atom. The zero-order chi connectivity index (χ0) is 20.2. The minimum atomic E-state index is -0.0317. The molecule has 1 aliphatic rings. The number of piperidine rings is 1. The third-order valence-corrected chi connectivity index (χ3v) is 5.45.